The van der Waals surface area contributed by atoms with E-state index < -0.39 is 17.5 Å². The van der Waals surface area contributed by atoms with Crippen LogP contribution in [0.15, 0.2) is 0 Å². The van der Waals surface area contributed by atoms with Crippen LogP contribution in [-0.4, -0.2) is 31.6 Å². The molecule has 0 heterocycles. The quantitative estimate of drug-likeness (QED) is 0.575. The third-order valence-electron chi connectivity index (χ3n) is 4.66. The minimum atomic E-state index is -0.821. The second-order valence-electron chi connectivity index (χ2n) is 6.97. The van der Waals surface area contributed by atoms with E-state index >= 15 is 0 Å². The summed E-state index contributed by atoms with van der Waals surface area (Å²) in [7, 11) is 2.90. The molecule has 0 spiro atoms. The zero-order valence-corrected chi connectivity index (χ0v) is 13.6. The number of hydrogen-bond acceptors (Lipinski definition) is 4. The molecule has 4 nitrogen and oxygen atoms in total. The maximum absolute atomic E-state index is 12.9. The number of carbonyl (C=O) groups excluding carboxylic acids is 2. The van der Waals surface area contributed by atoms with Gasteiger partial charge in [-0.25, -0.2) is 0 Å². The van der Waals surface area contributed by atoms with E-state index in [1.54, 1.807) is 7.11 Å². The molecule has 20 heavy (non-hydrogen) atoms. The molecule has 0 amide bonds. The fourth-order valence-corrected chi connectivity index (χ4v) is 2.97. The van der Waals surface area contributed by atoms with E-state index in [1.807, 2.05) is 13.8 Å². The Labute approximate surface area is 122 Å². The average Bonchev–Trinajstić information content (AvgIpc) is 2.38. The molecule has 1 aliphatic rings. The summed E-state index contributed by atoms with van der Waals surface area (Å²) >= 11 is 0. The summed E-state index contributed by atoms with van der Waals surface area (Å²) < 4.78 is 10.4. The molecule has 4 heteroatoms. The standard InChI is InChI=1S/C16H28O4/c1-11(2)12(14(18)19-5)13(17)16(20-6)9-7-15(3,4)8-10-16/h11-12H,7-10H2,1-6H3. The number of carbonyl (C=O) groups is 2. The molecule has 1 rings (SSSR count). The first-order valence-corrected chi connectivity index (χ1v) is 7.36. The minimum absolute atomic E-state index is 0.0862. The summed E-state index contributed by atoms with van der Waals surface area (Å²) in [4.78, 5) is 24.8. The molecule has 0 aromatic rings. The van der Waals surface area contributed by atoms with E-state index in [1.165, 1.54) is 7.11 Å². The van der Waals surface area contributed by atoms with Gasteiger partial charge in [0.25, 0.3) is 0 Å². The van der Waals surface area contributed by atoms with Crippen molar-refractivity contribution in [2.24, 2.45) is 17.3 Å². The van der Waals surface area contributed by atoms with E-state index in [4.69, 9.17) is 9.47 Å². The van der Waals surface area contributed by atoms with Crippen molar-refractivity contribution in [1.29, 1.82) is 0 Å². The number of rotatable bonds is 5. The fourth-order valence-electron chi connectivity index (χ4n) is 2.97. The summed E-state index contributed by atoms with van der Waals surface area (Å²) in [5.74, 6) is -1.39. The van der Waals surface area contributed by atoms with Crippen LogP contribution in [0.25, 0.3) is 0 Å². The predicted molar refractivity (Wildman–Crippen MR) is 77.3 cm³/mol. The minimum Gasteiger partial charge on any atom is -0.468 e. The topological polar surface area (TPSA) is 52.6 Å². The van der Waals surface area contributed by atoms with Gasteiger partial charge in [0.1, 0.15) is 11.5 Å². The first-order chi connectivity index (χ1) is 9.19. The van der Waals surface area contributed by atoms with Gasteiger partial charge in [0, 0.05) is 7.11 Å². The maximum atomic E-state index is 12.9. The van der Waals surface area contributed by atoms with Crippen molar-refractivity contribution < 1.29 is 19.1 Å². The Morgan fingerprint density at radius 2 is 1.50 bits per heavy atom. The van der Waals surface area contributed by atoms with Gasteiger partial charge in [0.2, 0.25) is 0 Å². The van der Waals surface area contributed by atoms with Gasteiger partial charge >= 0.3 is 5.97 Å². The molecule has 0 bridgehead atoms. The Morgan fingerprint density at radius 3 is 1.85 bits per heavy atom. The van der Waals surface area contributed by atoms with E-state index in [0.29, 0.717) is 12.8 Å². The highest BCUT2D eigenvalue weighted by Crippen LogP contribution is 2.43. The molecule has 0 radical (unpaired) electrons. The summed E-state index contributed by atoms with van der Waals surface area (Å²) in [6.07, 6.45) is 3.21. The van der Waals surface area contributed by atoms with Crippen LogP contribution in [0, 0.1) is 17.3 Å². The Balaban J connectivity index is 2.99. The van der Waals surface area contributed by atoms with Crippen LogP contribution < -0.4 is 0 Å². The SMILES string of the molecule is COC(=O)C(C(=O)C1(OC)CCC(C)(C)CC1)C(C)C. The molecule has 1 fully saturated rings. The summed E-state index contributed by atoms with van der Waals surface area (Å²) in [6, 6.07) is 0. The molecule has 116 valence electrons. The summed E-state index contributed by atoms with van der Waals surface area (Å²) in [6.45, 7) is 8.15. The van der Waals surface area contributed by atoms with Crippen LogP contribution in [0.5, 0.6) is 0 Å². The maximum Gasteiger partial charge on any atom is 0.316 e. The monoisotopic (exact) mass is 284 g/mol. The molecule has 0 aromatic carbocycles. The third-order valence-corrected chi connectivity index (χ3v) is 4.66. The van der Waals surface area contributed by atoms with E-state index in [2.05, 4.69) is 13.8 Å². The molecule has 1 aliphatic carbocycles. The number of hydrogen-bond donors (Lipinski definition) is 0. The molecule has 1 saturated carbocycles. The van der Waals surface area contributed by atoms with Crippen molar-refractivity contribution in [3.63, 3.8) is 0 Å². The van der Waals surface area contributed by atoms with Crippen LogP contribution in [-0.2, 0) is 19.1 Å². The summed E-state index contributed by atoms with van der Waals surface area (Å²) in [5, 5.41) is 0. The van der Waals surface area contributed by atoms with Crippen LogP contribution in [0.2, 0.25) is 0 Å². The molecule has 0 aliphatic heterocycles. The van der Waals surface area contributed by atoms with Crippen LogP contribution >= 0.6 is 0 Å². The highest BCUT2D eigenvalue weighted by atomic mass is 16.5. The highest BCUT2D eigenvalue weighted by Gasteiger charge is 2.49. The summed E-state index contributed by atoms with van der Waals surface area (Å²) in [5.41, 5.74) is -0.584. The second kappa shape index (κ2) is 6.25. The van der Waals surface area contributed by atoms with Crippen molar-refractivity contribution >= 4 is 11.8 Å². The van der Waals surface area contributed by atoms with Crippen LogP contribution in [0.1, 0.15) is 53.4 Å². The van der Waals surface area contributed by atoms with E-state index in [9.17, 15) is 9.59 Å². The number of ketones is 1. The van der Waals surface area contributed by atoms with Gasteiger partial charge < -0.3 is 9.47 Å². The molecular weight excluding hydrogens is 256 g/mol. The zero-order valence-electron chi connectivity index (χ0n) is 13.6. The Bertz CT molecular complexity index is 361. The van der Waals surface area contributed by atoms with Gasteiger partial charge in [-0.2, -0.15) is 0 Å². The number of methoxy groups -OCH3 is 2. The van der Waals surface area contributed by atoms with Gasteiger partial charge in [-0.3, -0.25) is 9.59 Å². The molecule has 0 saturated heterocycles. The smallest absolute Gasteiger partial charge is 0.316 e. The lowest BCUT2D eigenvalue weighted by Crippen LogP contribution is -2.51. The van der Waals surface area contributed by atoms with E-state index in [-0.39, 0.29) is 17.1 Å². The first kappa shape index (κ1) is 17.2. The Hall–Kier alpha value is -0.900. The van der Waals surface area contributed by atoms with Gasteiger partial charge in [0.05, 0.1) is 7.11 Å². The van der Waals surface area contributed by atoms with Crippen molar-refractivity contribution in [1.82, 2.24) is 0 Å². The molecule has 1 unspecified atom stereocenters. The van der Waals surface area contributed by atoms with E-state index in [0.717, 1.165) is 12.8 Å². The first-order valence-electron chi connectivity index (χ1n) is 7.36. The normalized spacial score (nSPS) is 22.4. The number of esters is 1. The third kappa shape index (κ3) is 3.40. The van der Waals surface area contributed by atoms with Crippen LogP contribution in [0.4, 0.5) is 0 Å². The fraction of sp³-hybridized carbons (Fsp3) is 0.875. The van der Waals surface area contributed by atoms with Gasteiger partial charge in [0.15, 0.2) is 5.78 Å². The lowest BCUT2D eigenvalue weighted by Gasteiger charge is -2.43. The predicted octanol–water partition coefficient (Wildman–Crippen LogP) is 2.99. The van der Waals surface area contributed by atoms with Crippen LogP contribution in [0.3, 0.4) is 0 Å². The molecular formula is C16H28O4. The van der Waals surface area contributed by atoms with Gasteiger partial charge in [-0.15, -0.1) is 0 Å². The number of Topliss-reactive ketones (excluding diaryl/α,β-unsaturated/α-hetero) is 1. The average molecular weight is 284 g/mol. The zero-order chi connectivity index (χ0) is 15.6. The molecule has 1 atom stereocenters. The Morgan fingerprint density at radius 1 is 1.00 bits per heavy atom. The Kier molecular flexibility index (Phi) is 5.36. The van der Waals surface area contributed by atoms with Crippen molar-refractivity contribution in [3.05, 3.63) is 0 Å². The molecule has 0 aromatic heterocycles. The lowest BCUT2D eigenvalue weighted by atomic mass is 9.67. The van der Waals surface area contributed by atoms with Crippen molar-refractivity contribution in [2.75, 3.05) is 14.2 Å². The highest BCUT2D eigenvalue weighted by molar-refractivity contribution is 6.03. The van der Waals surface area contributed by atoms with Gasteiger partial charge in [-0.1, -0.05) is 27.7 Å². The second-order valence-corrected chi connectivity index (χ2v) is 6.97. The van der Waals surface area contributed by atoms with Gasteiger partial charge in [-0.05, 0) is 37.0 Å². The van der Waals surface area contributed by atoms with Crippen molar-refractivity contribution in [3.8, 4) is 0 Å². The largest absolute Gasteiger partial charge is 0.468 e. The van der Waals surface area contributed by atoms with Crippen molar-refractivity contribution in [2.45, 2.75) is 59.0 Å². The lowest BCUT2D eigenvalue weighted by molar-refractivity contribution is -0.164. The number of ether oxygens (including phenoxy) is 2. The molecule has 0 N–H and O–H groups in total.